The first-order valence-corrected chi connectivity index (χ1v) is 6.96. The SMILES string of the molecule is C1CN(CCC2CC3CCC(C2)N3)CCO1. The van der Waals surface area contributed by atoms with E-state index in [1.165, 1.54) is 38.6 Å². The Kier molecular flexibility index (Phi) is 3.46. The van der Waals surface area contributed by atoms with Crippen molar-refractivity contribution in [2.45, 2.75) is 44.2 Å². The van der Waals surface area contributed by atoms with Gasteiger partial charge in [-0.25, -0.2) is 0 Å². The van der Waals surface area contributed by atoms with Crippen LogP contribution in [0, 0.1) is 5.92 Å². The molecular weight excluding hydrogens is 200 g/mol. The molecule has 3 saturated heterocycles. The molecule has 3 fully saturated rings. The summed E-state index contributed by atoms with van der Waals surface area (Å²) in [6, 6.07) is 1.71. The third-order valence-electron chi connectivity index (χ3n) is 4.53. The van der Waals surface area contributed by atoms with E-state index < -0.39 is 0 Å². The number of fused-ring (bicyclic) bond motifs is 2. The molecule has 0 spiro atoms. The number of hydrogen-bond acceptors (Lipinski definition) is 3. The standard InChI is InChI=1S/C13H24N2O/c1-2-13-10-11(9-12(1)14-13)3-4-15-5-7-16-8-6-15/h11-14H,1-10H2. The van der Waals surface area contributed by atoms with Gasteiger partial charge in [-0.3, -0.25) is 4.90 Å². The van der Waals surface area contributed by atoms with Crippen molar-refractivity contribution in [1.29, 1.82) is 0 Å². The average Bonchev–Trinajstić information content (AvgIpc) is 2.67. The molecule has 0 aromatic heterocycles. The molecule has 3 aliphatic heterocycles. The van der Waals surface area contributed by atoms with E-state index in [1.807, 2.05) is 0 Å². The predicted octanol–water partition coefficient (Wildman–Crippen LogP) is 1.24. The monoisotopic (exact) mass is 224 g/mol. The lowest BCUT2D eigenvalue weighted by Gasteiger charge is -2.32. The lowest BCUT2D eigenvalue weighted by Crippen LogP contribution is -2.41. The van der Waals surface area contributed by atoms with Gasteiger partial charge in [-0.05, 0) is 44.6 Å². The van der Waals surface area contributed by atoms with Crippen molar-refractivity contribution in [3.63, 3.8) is 0 Å². The molecule has 2 bridgehead atoms. The van der Waals surface area contributed by atoms with E-state index in [0.717, 1.165) is 44.3 Å². The van der Waals surface area contributed by atoms with Gasteiger partial charge < -0.3 is 10.1 Å². The molecular formula is C13H24N2O. The number of morpholine rings is 1. The second-order valence-electron chi connectivity index (χ2n) is 5.72. The zero-order valence-corrected chi connectivity index (χ0v) is 10.2. The van der Waals surface area contributed by atoms with Crippen LogP contribution in [0.25, 0.3) is 0 Å². The van der Waals surface area contributed by atoms with Crippen molar-refractivity contribution >= 4 is 0 Å². The Bertz CT molecular complexity index is 216. The Morgan fingerprint density at radius 3 is 2.44 bits per heavy atom. The van der Waals surface area contributed by atoms with Crippen LogP contribution < -0.4 is 5.32 Å². The van der Waals surface area contributed by atoms with Gasteiger partial charge in [0.25, 0.3) is 0 Å². The van der Waals surface area contributed by atoms with Gasteiger partial charge in [0.15, 0.2) is 0 Å². The number of hydrogen-bond donors (Lipinski definition) is 1. The Balaban J connectivity index is 1.41. The second-order valence-corrected chi connectivity index (χ2v) is 5.72. The molecule has 3 nitrogen and oxygen atoms in total. The zero-order chi connectivity index (χ0) is 10.8. The summed E-state index contributed by atoms with van der Waals surface area (Å²) in [6.45, 7) is 5.48. The van der Waals surface area contributed by atoms with Gasteiger partial charge in [-0.1, -0.05) is 0 Å². The van der Waals surface area contributed by atoms with Gasteiger partial charge in [0.2, 0.25) is 0 Å². The minimum Gasteiger partial charge on any atom is -0.379 e. The van der Waals surface area contributed by atoms with E-state index >= 15 is 0 Å². The summed E-state index contributed by atoms with van der Waals surface area (Å²) in [5.41, 5.74) is 0. The fourth-order valence-electron chi connectivity index (χ4n) is 3.60. The molecule has 0 saturated carbocycles. The second kappa shape index (κ2) is 5.03. The highest BCUT2D eigenvalue weighted by atomic mass is 16.5. The van der Waals surface area contributed by atoms with Crippen LogP contribution in [-0.4, -0.2) is 49.8 Å². The Labute approximate surface area is 98.5 Å². The first-order chi connectivity index (χ1) is 7.90. The van der Waals surface area contributed by atoms with Crippen molar-refractivity contribution in [2.24, 2.45) is 5.92 Å². The molecule has 16 heavy (non-hydrogen) atoms. The van der Waals surface area contributed by atoms with E-state index in [9.17, 15) is 0 Å². The van der Waals surface area contributed by atoms with Crippen molar-refractivity contribution in [1.82, 2.24) is 10.2 Å². The fourth-order valence-corrected chi connectivity index (χ4v) is 3.60. The highest BCUT2D eigenvalue weighted by Gasteiger charge is 2.33. The van der Waals surface area contributed by atoms with Crippen molar-refractivity contribution in [3.05, 3.63) is 0 Å². The van der Waals surface area contributed by atoms with Crippen LogP contribution in [0.4, 0.5) is 0 Å². The molecule has 1 N–H and O–H groups in total. The molecule has 0 aromatic carbocycles. The molecule has 0 amide bonds. The van der Waals surface area contributed by atoms with Crippen LogP contribution in [0.2, 0.25) is 0 Å². The molecule has 0 aliphatic carbocycles. The van der Waals surface area contributed by atoms with Crippen LogP contribution in [-0.2, 0) is 4.74 Å². The Hall–Kier alpha value is -0.120. The lowest BCUT2D eigenvalue weighted by molar-refractivity contribution is 0.0342. The Morgan fingerprint density at radius 2 is 1.75 bits per heavy atom. The fraction of sp³-hybridized carbons (Fsp3) is 1.00. The molecule has 3 heteroatoms. The number of ether oxygens (including phenoxy) is 1. The number of nitrogens with one attached hydrogen (secondary N) is 1. The predicted molar refractivity (Wildman–Crippen MR) is 64.5 cm³/mol. The van der Waals surface area contributed by atoms with Gasteiger partial charge >= 0.3 is 0 Å². The van der Waals surface area contributed by atoms with Gasteiger partial charge in [0, 0.05) is 25.2 Å². The maximum absolute atomic E-state index is 5.38. The van der Waals surface area contributed by atoms with Gasteiger partial charge in [-0.2, -0.15) is 0 Å². The quantitative estimate of drug-likeness (QED) is 0.780. The van der Waals surface area contributed by atoms with Crippen LogP contribution in [0.15, 0.2) is 0 Å². The van der Waals surface area contributed by atoms with Gasteiger partial charge in [-0.15, -0.1) is 0 Å². The van der Waals surface area contributed by atoms with Crippen LogP contribution in [0.5, 0.6) is 0 Å². The summed E-state index contributed by atoms with van der Waals surface area (Å²) < 4.78 is 5.38. The summed E-state index contributed by atoms with van der Waals surface area (Å²) in [5.74, 6) is 0.988. The van der Waals surface area contributed by atoms with Gasteiger partial charge in [0.1, 0.15) is 0 Å². The zero-order valence-electron chi connectivity index (χ0n) is 10.2. The van der Waals surface area contributed by atoms with E-state index in [0.29, 0.717) is 0 Å². The first kappa shape index (κ1) is 11.0. The maximum atomic E-state index is 5.38. The average molecular weight is 224 g/mol. The molecule has 92 valence electrons. The van der Waals surface area contributed by atoms with Crippen molar-refractivity contribution in [2.75, 3.05) is 32.8 Å². The molecule has 3 aliphatic rings. The van der Waals surface area contributed by atoms with E-state index in [2.05, 4.69) is 10.2 Å². The van der Waals surface area contributed by atoms with Crippen molar-refractivity contribution < 1.29 is 4.74 Å². The molecule has 0 radical (unpaired) electrons. The Morgan fingerprint density at radius 1 is 1.06 bits per heavy atom. The molecule has 2 unspecified atom stereocenters. The largest absolute Gasteiger partial charge is 0.379 e. The van der Waals surface area contributed by atoms with Crippen molar-refractivity contribution in [3.8, 4) is 0 Å². The number of nitrogens with zero attached hydrogens (tertiary/aromatic N) is 1. The number of piperidine rings is 1. The lowest BCUT2D eigenvalue weighted by atomic mass is 9.89. The topological polar surface area (TPSA) is 24.5 Å². The minimum absolute atomic E-state index is 0.855. The summed E-state index contributed by atoms with van der Waals surface area (Å²) in [7, 11) is 0. The third-order valence-corrected chi connectivity index (χ3v) is 4.53. The normalized spacial score (nSPS) is 40.1. The minimum atomic E-state index is 0.855. The smallest absolute Gasteiger partial charge is 0.0594 e. The number of rotatable bonds is 3. The molecule has 3 heterocycles. The highest BCUT2D eigenvalue weighted by Crippen LogP contribution is 2.32. The highest BCUT2D eigenvalue weighted by molar-refractivity contribution is 4.92. The van der Waals surface area contributed by atoms with Crippen LogP contribution >= 0.6 is 0 Å². The van der Waals surface area contributed by atoms with Crippen LogP contribution in [0.1, 0.15) is 32.1 Å². The first-order valence-electron chi connectivity index (χ1n) is 6.96. The van der Waals surface area contributed by atoms with E-state index in [4.69, 9.17) is 4.74 Å². The molecule has 0 aromatic rings. The van der Waals surface area contributed by atoms with Gasteiger partial charge in [0.05, 0.1) is 13.2 Å². The van der Waals surface area contributed by atoms with E-state index in [-0.39, 0.29) is 0 Å². The van der Waals surface area contributed by atoms with Crippen LogP contribution in [0.3, 0.4) is 0 Å². The summed E-state index contributed by atoms with van der Waals surface area (Å²) >= 11 is 0. The summed E-state index contributed by atoms with van der Waals surface area (Å²) in [5, 5.41) is 3.72. The molecule has 3 rings (SSSR count). The third kappa shape index (κ3) is 2.58. The summed E-state index contributed by atoms with van der Waals surface area (Å²) in [6.07, 6.45) is 7.13. The van der Waals surface area contributed by atoms with E-state index in [1.54, 1.807) is 0 Å². The summed E-state index contributed by atoms with van der Waals surface area (Å²) in [4.78, 5) is 2.58. The maximum Gasteiger partial charge on any atom is 0.0594 e. The molecule has 2 atom stereocenters.